The minimum Gasteiger partial charge on any atom is -0.460 e. The number of unbranched alkanes of at least 4 members (excludes halogenated alkanes) is 25. The highest BCUT2D eigenvalue weighted by Crippen LogP contribution is 2.35. The summed E-state index contributed by atoms with van der Waals surface area (Å²) in [5.74, 6) is -0.221. The van der Waals surface area contributed by atoms with E-state index < -0.39 is 20.0 Å². The van der Waals surface area contributed by atoms with Crippen molar-refractivity contribution in [3.63, 3.8) is 0 Å². The van der Waals surface area contributed by atoms with Crippen molar-refractivity contribution in [2.75, 3.05) is 40.9 Å². The number of ether oxygens (including phenoxy) is 1. The maximum atomic E-state index is 12.3. The molecule has 4 N–H and O–H groups in total. The predicted octanol–water partition coefficient (Wildman–Crippen LogP) is 10.4. The maximum absolute atomic E-state index is 12.3. The molecule has 0 amide bonds. The molecule has 0 aromatic heterocycles. The second-order valence-corrected chi connectivity index (χ2v) is 16.7. The van der Waals surface area contributed by atoms with E-state index in [2.05, 4.69) is 18.4 Å². The summed E-state index contributed by atoms with van der Waals surface area (Å²) in [5, 5.41) is 19.5. The predicted molar refractivity (Wildman–Crippen MR) is 209 cm³/mol. The maximum Gasteiger partial charge on any atom is 0.469 e. The monoisotopic (exact) mass is 739 g/mol. The number of hydrogen-bond acceptors (Lipinski definition) is 6. The van der Waals surface area contributed by atoms with Crippen molar-refractivity contribution in [3.8, 4) is 0 Å². The van der Waals surface area contributed by atoms with Crippen LogP contribution in [-0.4, -0.2) is 83.6 Å². The third kappa shape index (κ3) is 43.6. The molecule has 302 valence electrons. The van der Waals surface area contributed by atoms with Crippen LogP contribution < -0.4 is 0 Å². The van der Waals surface area contributed by atoms with E-state index in [0.717, 1.165) is 25.7 Å². The molecule has 0 saturated carbocycles. The first-order valence-electron chi connectivity index (χ1n) is 20.8. The lowest BCUT2D eigenvalue weighted by Gasteiger charge is -2.23. The zero-order valence-corrected chi connectivity index (χ0v) is 34.5. The SMILES string of the molecule is CCCCCCCCCCCCCCCCC(OC(=O)CCCCCCCCCCCCCCC)C(O)CO.C[N+](C)(C)CCOP(=O)(O)O. The Labute approximate surface area is 309 Å². The van der Waals surface area contributed by atoms with Gasteiger partial charge >= 0.3 is 13.8 Å². The summed E-state index contributed by atoms with van der Waals surface area (Å²) >= 11 is 0. The molecule has 50 heavy (non-hydrogen) atoms. The van der Waals surface area contributed by atoms with E-state index in [4.69, 9.17) is 14.5 Å². The van der Waals surface area contributed by atoms with Crippen LogP contribution in [0.4, 0.5) is 0 Å². The van der Waals surface area contributed by atoms with Gasteiger partial charge in [0.2, 0.25) is 0 Å². The van der Waals surface area contributed by atoms with Crippen LogP contribution in [0.5, 0.6) is 0 Å². The lowest BCUT2D eigenvalue weighted by Crippen LogP contribution is -2.37. The number of quaternary nitrogens is 1. The van der Waals surface area contributed by atoms with Crippen molar-refractivity contribution in [2.24, 2.45) is 0 Å². The minimum atomic E-state index is -4.26. The summed E-state index contributed by atoms with van der Waals surface area (Å²) in [4.78, 5) is 28.9. The lowest BCUT2D eigenvalue weighted by molar-refractivity contribution is -0.870. The number of hydrogen-bond donors (Lipinski definition) is 4. The molecule has 10 heteroatoms. The Morgan fingerprint density at radius 3 is 1.26 bits per heavy atom. The van der Waals surface area contributed by atoms with Crippen LogP contribution in [-0.2, 0) is 18.6 Å². The average Bonchev–Trinajstić information content (AvgIpc) is 3.05. The molecule has 0 radical (unpaired) electrons. The number of nitrogens with zero attached hydrogens (tertiary/aromatic N) is 1. The first kappa shape index (κ1) is 51.6. The molecule has 0 bridgehead atoms. The van der Waals surface area contributed by atoms with Crippen molar-refractivity contribution < 1.29 is 43.1 Å². The second kappa shape index (κ2) is 36.8. The first-order chi connectivity index (χ1) is 23.9. The van der Waals surface area contributed by atoms with Crippen LogP contribution in [0.1, 0.15) is 200 Å². The van der Waals surface area contributed by atoms with Gasteiger partial charge in [0.15, 0.2) is 0 Å². The van der Waals surface area contributed by atoms with E-state index in [9.17, 15) is 19.6 Å². The van der Waals surface area contributed by atoms with E-state index in [0.29, 0.717) is 23.9 Å². The average molecular weight is 739 g/mol. The van der Waals surface area contributed by atoms with E-state index in [1.54, 1.807) is 0 Å². The zero-order valence-electron chi connectivity index (χ0n) is 33.6. The Kier molecular flexibility index (Phi) is 38.0. The number of phosphoric acid groups is 1. The Bertz CT molecular complexity index is 758. The van der Waals surface area contributed by atoms with E-state index >= 15 is 0 Å². The van der Waals surface area contributed by atoms with Gasteiger partial charge in [-0.15, -0.1) is 0 Å². The Hall–Kier alpha value is -0.540. The molecular weight excluding hydrogens is 653 g/mol. The fourth-order valence-electron chi connectivity index (χ4n) is 5.94. The van der Waals surface area contributed by atoms with Crippen LogP contribution >= 0.6 is 7.82 Å². The van der Waals surface area contributed by atoms with Crippen LogP contribution in [0, 0.1) is 0 Å². The van der Waals surface area contributed by atoms with Gasteiger partial charge in [0.25, 0.3) is 0 Å². The summed E-state index contributed by atoms with van der Waals surface area (Å²) < 4.78 is 20.6. The highest BCUT2D eigenvalue weighted by atomic mass is 31.2. The minimum absolute atomic E-state index is 0.0772. The molecule has 0 heterocycles. The topological polar surface area (TPSA) is 134 Å². The lowest BCUT2D eigenvalue weighted by atomic mass is 10.0. The molecule has 0 aliphatic carbocycles. The molecule has 0 saturated heterocycles. The highest BCUT2D eigenvalue weighted by molar-refractivity contribution is 7.46. The van der Waals surface area contributed by atoms with Gasteiger partial charge in [-0.1, -0.05) is 174 Å². The van der Waals surface area contributed by atoms with Crippen molar-refractivity contribution in [3.05, 3.63) is 0 Å². The summed E-state index contributed by atoms with van der Waals surface area (Å²) in [5.41, 5.74) is 0. The molecule has 0 fully saturated rings. The van der Waals surface area contributed by atoms with Crippen molar-refractivity contribution >= 4 is 13.8 Å². The number of aliphatic hydroxyl groups is 2. The van der Waals surface area contributed by atoms with E-state index in [-0.39, 0.29) is 19.2 Å². The van der Waals surface area contributed by atoms with Crippen molar-refractivity contribution in [1.29, 1.82) is 0 Å². The van der Waals surface area contributed by atoms with Crippen molar-refractivity contribution in [1.82, 2.24) is 0 Å². The molecule has 0 aromatic rings. The molecule has 0 aliphatic heterocycles. The Morgan fingerprint density at radius 2 is 0.940 bits per heavy atom. The fourth-order valence-corrected chi connectivity index (χ4v) is 6.26. The van der Waals surface area contributed by atoms with Gasteiger partial charge < -0.3 is 29.2 Å². The summed E-state index contributed by atoms with van der Waals surface area (Å²) in [7, 11) is 1.50. The van der Waals surface area contributed by atoms with Crippen LogP contribution in [0.3, 0.4) is 0 Å². The molecule has 0 spiro atoms. The number of phosphoric ester groups is 1. The standard InChI is InChI=1S/C35H70O4.C5H14NO4P/c1-3-5-7-9-11-13-15-17-19-20-22-24-26-28-30-34(33(37)32-36)39-35(38)31-29-27-25-23-21-18-16-14-12-10-8-6-4-2;1-6(2,3)4-5-10-11(7,8)9/h33-34,36-37H,3-32H2,1-2H3;4-5H2,1-3H3,(H-,7,8,9)/p+1. The van der Waals surface area contributed by atoms with Gasteiger partial charge in [-0.05, 0) is 19.3 Å². The third-order valence-corrected chi connectivity index (χ3v) is 9.77. The van der Waals surface area contributed by atoms with Gasteiger partial charge in [-0.2, -0.15) is 0 Å². The molecular formula is C40H85NO8P+. The number of likely N-dealkylation sites (N-methyl/N-ethyl adjacent to an activating group) is 1. The number of esters is 1. The van der Waals surface area contributed by atoms with Gasteiger partial charge in [0.1, 0.15) is 25.4 Å². The summed E-state index contributed by atoms with van der Waals surface area (Å²) in [6.07, 6.45) is 34.5. The van der Waals surface area contributed by atoms with Gasteiger partial charge in [-0.3, -0.25) is 9.32 Å². The van der Waals surface area contributed by atoms with E-state index in [1.165, 1.54) is 148 Å². The summed E-state index contributed by atoms with van der Waals surface area (Å²) in [6, 6.07) is 0. The van der Waals surface area contributed by atoms with Gasteiger partial charge in [0.05, 0.1) is 27.7 Å². The largest absolute Gasteiger partial charge is 0.469 e. The van der Waals surface area contributed by atoms with Gasteiger partial charge in [0, 0.05) is 6.42 Å². The first-order valence-corrected chi connectivity index (χ1v) is 22.4. The molecule has 9 nitrogen and oxygen atoms in total. The van der Waals surface area contributed by atoms with Crippen LogP contribution in [0.2, 0.25) is 0 Å². The number of rotatable bonds is 36. The molecule has 2 unspecified atom stereocenters. The van der Waals surface area contributed by atoms with Crippen LogP contribution in [0.15, 0.2) is 0 Å². The van der Waals surface area contributed by atoms with Crippen LogP contribution in [0.25, 0.3) is 0 Å². The summed E-state index contributed by atoms with van der Waals surface area (Å²) in [6.45, 7) is 4.84. The number of carbonyl (C=O) groups is 1. The Balaban J connectivity index is 0. The fraction of sp³-hybridized carbons (Fsp3) is 0.975. The molecule has 2 atom stereocenters. The highest BCUT2D eigenvalue weighted by Gasteiger charge is 2.22. The zero-order chi connectivity index (χ0) is 37.8. The Morgan fingerprint density at radius 1 is 0.600 bits per heavy atom. The molecule has 0 aromatic carbocycles. The third-order valence-electron chi connectivity index (χ3n) is 9.25. The quantitative estimate of drug-likeness (QED) is 0.0216. The molecule has 0 rings (SSSR count). The van der Waals surface area contributed by atoms with E-state index in [1.807, 2.05) is 21.1 Å². The van der Waals surface area contributed by atoms with Gasteiger partial charge in [-0.25, -0.2) is 4.57 Å². The van der Waals surface area contributed by atoms with Crippen molar-refractivity contribution in [2.45, 2.75) is 212 Å². The molecule has 0 aliphatic rings. The number of aliphatic hydroxyl groups excluding tert-OH is 2. The smallest absolute Gasteiger partial charge is 0.460 e. The normalized spacial score (nSPS) is 13.1. The number of carbonyl (C=O) groups excluding carboxylic acids is 1. The second-order valence-electron chi connectivity index (χ2n) is 15.5.